The third kappa shape index (κ3) is 7.38. The van der Waals surface area contributed by atoms with Gasteiger partial charge in [-0.1, -0.05) is 26.0 Å². The van der Waals surface area contributed by atoms with Crippen molar-refractivity contribution >= 4 is 35.8 Å². The minimum Gasteiger partial charge on any atom is -0.353 e. The number of nitrogens with one attached hydrogen (secondary N) is 1. The molecule has 1 saturated heterocycles. The number of likely N-dealkylation sites (tertiary alicyclic amines) is 1. The summed E-state index contributed by atoms with van der Waals surface area (Å²) in [7, 11) is 3.51. The quantitative estimate of drug-likeness (QED) is 0.277. The van der Waals surface area contributed by atoms with Gasteiger partial charge in [0.25, 0.3) is 0 Å². The molecule has 1 amide bonds. The fourth-order valence-electron chi connectivity index (χ4n) is 2.75. The predicted octanol–water partition coefficient (Wildman–Crippen LogP) is 1.63. The molecule has 24 heavy (non-hydrogen) atoms. The molecule has 0 aromatic rings. The molecule has 1 aliphatic rings. The van der Waals surface area contributed by atoms with Gasteiger partial charge in [0.1, 0.15) is 6.54 Å². The van der Waals surface area contributed by atoms with Gasteiger partial charge in [0.05, 0.1) is 0 Å². The van der Waals surface area contributed by atoms with E-state index in [1.54, 1.807) is 19.0 Å². The normalized spacial score (nSPS) is 17.7. The maximum absolute atomic E-state index is 11.8. The summed E-state index contributed by atoms with van der Waals surface area (Å²) in [6.45, 7) is 15.2. The molecule has 1 rings (SSSR count). The average molecular weight is 451 g/mol. The van der Waals surface area contributed by atoms with Crippen molar-refractivity contribution in [2.75, 3.05) is 53.4 Å². The molecule has 0 aliphatic carbocycles. The first-order chi connectivity index (χ1) is 10.9. The molecule has 0 radical (unpaired) electrons. The minimum absolute atomic E-state index is 0. The lowest BCUT2D eigenvalue weighted by molar-refractivity contribution is -0.127. The lowest BCUT2D eigenvalue weighted by atomic mass is 10.2. The van der Waals surface area contributed by atoms with Crippen molar-refractivity contribution in [2.45, 2.75) is 33.2 Å². The number of nitrogens with zero attached hydrogens (tertiary/aromatic N) is 4. The number of rotatable bonds is 7. The van der Waals surface area contributed by atoms with Crippen LogP contribution in [0.4, 0.5) is 0 Å². The van der Waals surface area contributed by atoms with Crippen LogP contribution in [0, 0.1) is 0 Å². The summed E-state index contributed by atoms with van der Waals surface area (Å²) >= 11 is 0. The second kappa shape index (κ2) is 11.7. The number of likely N-dealkylation sites (N-methyl/N-ethyl adjacent to an activating group) is 2. The number of carbonyl (C=O) groups is 1. The molecule has 0 bridgehead atoms. The second-order valence-corrected chi connectivity index (χ2v) is 6.35. The van der Waals surface area contributed by atoms with E-state index < -0.39 is 0 Å². The van der Waals surface area contributed by atoms with Gasteiger partial charge in [-0.15, -0.1) is 24.0 Å². The zero-order valence-corrected chi connectivity index (χ0v) is 18.2. The average Bonchev–Trinajstić information content (AvgIpc) is 2.97. The molecular formula is C17H34IN5O. The van der Waals surface area contributed by atoms with Crippen molar-refractivity contribution in [2.24, 2.45) is 4.99 Å². The summed E-state index contributed by atoms with van der Waals surface area (Å²) in [6, 6.07) is 0.561. The highest BCUT2D eigenvalue weighted by molar-refractivity contribution is 14.0. The number of guanidine groups is 1. The summed E-state index contributed by atoms with van der Waals surface area (Å²) in [5.74, 6) is 0.831. The highest BCUT2D eigenvalue weighted by Gasteiger charge is 2.28. The molecule has 7 heteroatoms. The Morgan fingerprint density at radius 1 is 1.33 bits per heavy atom. The molecule has 1 heterocycles. The van der Waals surface area contributed by atoms with E-state index in [0.29, 0.717) is 12.6 Å². The third-order valence-electron chi connectivity index (χ3n) is 4.20. The Bertz CT molecular complexity index is 435. The van der Waals surface area contributed by atoms with Gasteiger partial charge in [0.2, 0.25) is 5.91 Å². The lowest BCUT2D eigenvalue weighted by Crippen LogP contribution is -2.44. The highest BCUT2D eigenvalue weighted by Crippen LogP contribution is 2.15. The van der Waals surface area contributed by atoms with Crippen LogP contribution in [0.15, 0.2) is 17.1 Å². The van der Waals surface area contributed by atoms with E-state index >= 15 is 0 Å². The highest BCUT2D eigenvalue weighted by atomic mass is 127. The van der Waals surface area contributed by atoms with Crippen LogP contribution < -0.4 is 5.32 Å². The fourth-order valence-corrected chi connectivity index (χ4v) is 2.75. The molecule has 1 unspecified atom stereocenters. The molecule has 140 valence electrons. The molecule has 1 fully saturated rings. The van der Waals surface area contributed by atoms with Gasteiger partial charge < -0.3 is 15.1 Å². The minimum atomic E-state index is 0. The molecule has 1 aliphatic heterocycles. The first-order valence-corrected chi connectivity index (χ1v) is 8.50. The number of hydrogen-bond acceptors (Lipinski definition) is 3. The van der Waals surface area contributed by atoms with E-state index in [1.165, 1.54) is 0 Å². The summed E-state index contributed by atoms with van der Waals surface area (Å²) < 4.78 is 0. The number of hydrogen-bond donors (Lipinski definition) is 1. The van der Waals surface area contributed by atoms with E-state index in [-0.39, 0.29) is 36.4 Å². The van der Waals surface area contributed by atoms with Crippen molar-refractivity contribution in [1.82, 2.24) is 20.0 Å². The molecule has 1 N–H and O–H groups in total. The number of halogens is 1. The van der Waals surface area contributed by atoms with Gasteiger partial charge in [-0.2, -0.15) is 0 Å². The Kier molecular flexibility index (Phi) is 11.3. The summed E-state index contributed by atoms with van der Waals surface area (Å²) in [5.41, 5.74) is 1.05. The maximum Gasteiger partial charge on any atom is 0.243 e. The topological polar surface area (TPSA) is 51.2 Å². The first kappa shape index (κ1) is 23.2. The van der Waals surface area contributed by atoms with Crippen LogP contribution in [-0.2, 0) is 4.79 Å². The second-order valence-electron chi connectivity index (χ2n) is 6.35. The Morgan fingerprint density at radius 3 is 2.46 bits per heavy atom. The van der Waals surface area contributed by atoms with Crippen LogP contribution in [0.2, 0.25) is 0 Å². The van der Waals surface area contributed by atoms with E-state index in [1.807, 2.05) is 6.92 Å². The van der Waals surface area contributed by atoms with Crippen molar-refractivity contribution in [1.29, 1.82) is 0 Å². The molecule has 0 aromatic heterocycles. The molecule has 0 saturated carbocycles. The number of amides is 1. The maximum atomic E-state index is 11.8. The van der Waals surface area contributed by atoms with Gasteiger partial charge in [0.15, 0.2) is 5.96 Å². The zero-order chi connectivity index (χ0) is 17.4. The van der Waals surface area contributed by atoms with Crippen molar-refractivity contribution in [3.05, 3.63) is 12.2 Å². The molecular weight excluding hydrogens is 417 g/mol. The summed E-state index contributed by atoms with van der Waals surface area (Å²) in [4.78, 5) is 22.7. The molecule has 0 aromatic carbocycles. The molecule has 0 spiro atoms. The number of aliphatic imine (C=N–C) groups is 1. The lowest BCUT2D eigenvalue weighted by Gasteiger charge is -2.27. The van der Waals surface area contributed by atoms with Crippen LogP contribution in [-0.4, -0.2) is 86.0 Å². The van der Waals surface area contributed by atoms with Gasteiger partial charge in [-0.25, -0.2) is 4.99 Å². The summed E-state index contributed by atoms with van der Waals surface area (Å²) in [6.07, 6.45) is 1.14. The van der Waals surface area contributed by atoms with Crippen molar-refractivity contribution in [3.8, 4) is 0 Å². The summed E-state index contributed by atoms with van der Waals surface area (Å²) in [5, 5.41) is 3.34. The smallest absolute Gasteiger partial charge is 0.243 e. The van der Waals surface area contributed by atoms with E-state index in [0.717, 1.165) is 44.1 Å². The predicted molar refractivity (Wildman–Crippen MR) is 112 cm³/mol. The SMILES string of the molecule is C=C(C)CNC(=NCC(=O)N(C)C)N1CCC(N(CC)CC)C1.I. The van der Waals surface area contributed by atoms with Crippen LogP contribution in [0.1, 0.15) is 27.2 Å². The standard InChI is InChI=1S/C17H33N5O.HI/c1-7-21(8-2)15-9-10-22(13-15)17(18-11-14(3)4)19-12-16(23)20(5)6;/h15H,3,7-13H2,1-2,4-6H3,(H,18,19);1H. The monoisotopic (exact) mass is 451 g/mol. The van der Waals surface area contributed by atoms with Crippen molar-refractivity contribution < 1.29 is 4.79 Å². The van der Waals surface area contributed by atoms with E-state index in [4.69, 9.17) is 0 Å². The number of carbonyl (C=O) groups excluding carboxylic acids is 1. The van der Waals surface area contributed by atoms with Gasteiger partial charge >= 0.3 is 0 Å². The molecule has 6 nitrogen and oxygen atoms in total. The van der Waals surface area contributed by atoms with Crippen LogP contribution in [0.3, 0.4) is 0 Å². The van der Waals surface area contributed by atoms with E-state index in [2.05, 4.69) is 40.5 Å². The third-order valence-corrected chi connectivity index (χ3v) is 4.20. The van der Waals surface area contributed by atoms with Gasteiger partial charge in [-0.3, -0.25) is 9.69 Å². The zero-order valence-electron chi connectivity index (χ0n) is 15.8. The largest absolute Gasteiger partial charge is 0.353 e. The fraction of sp³-hybridized carbons (Fsp3) is 0.765. The van der Waals surface area contributed by atoms with E-state index in [9.17, 15) is 4.79 Å². The van der Waals surface area contributed by atoms with Crippen LogP contribution in [0.25, 0.3) is 0 Å². The van der Waals surface area contributed by atoms with Crippen LogP contribution in [0.5, 0.6) is 0 Å². The Morgan fingerprint density at radius 2 is 1.96 bits per heavy atom. The van der Waals surface area contributed by atoms with Gasteiger partial charge in [-0.05, 0) is 26.4 Å². The Labute approximate surface area is 164 Å². The van der Waals surface area contributed by atoms with Crippen LogP contribution >= 0.6 is 24.0 Å². The van der Waals surface area contributed by atoms with Gasteiger partial charge in [0, 0.05) is 39.8 Å². The Hall–Kier alpha value is -0.830. The Balaban J connectivity index is 0.00000529. The first-order valence-electron chi connectivity index (χ1n) is 8.50. The molecule has 1 atom stereocenters. The van der Waals surface area contributed by atoms with Crippen molar-refractivity contribution in [3.63, 3.8) is 0 Å².